The summed E-state index contributed by atoms with van der Waals surface area (Å²) in [5, 5.41) is 6.01. The van der Waals surface area contributed by atoms with Crippen LogP contribution in [0.1, 0.15) is 27.2 Å². The van der Waals surface area contributed by atoms with Crippen LogP contribution in [-0.2, 0) is 13.1 Å². The van der Waals surface area contributed by atoms with Gasteiger partial charge in [-0.25, -0.2) is 9.97 Å². The second-order valence-electron chi connectivity index (χ2n) is 6.47. The summed E-state index contributed by atoms with van der Waals surface area (Å²) in [5.74, 6) is 1.56. The summed E-state index contributed by atoms with van der Waals surface area (Å²) in [6.45, 7) is 3.23. The molecule has 0 atom stereocenters. The van der Waals surface area contributed by atoms with Crippen LogP contribution in [0.5, 0.6) is 11.5 Å². The Bertz CT molecular complexity index is 989. The molecule has 4 rings (SSSR count). The first-order valence-electron chi connectivity index (χ1n) is 8.96. The summed E-state index contributed by atoms with van der Waals surface area (Å²) < 4.78 is 10.6. The number of hydrogen-bond acceptors (Lipinski definition) is 6. The average Bonchev–Trinajstić information content (AvgIpc) is 3.20. The molecule has 1 amide bonds. The second-order valence-corrected chi connectivity index (χ2v) is 6.47. The van der Waals surface area contributed by atoms with Crippen LogP contribution in [0.2, 0.25) is 0 Å². The molecule has 0 radical (unpaired) electrons. The van der Waals surface area contributed by atoms with Crippen molar-refractivity contribution in [3.63, 3.8) is 0 Å². The third-order valence-corrected chi connectivity index (χ3v) is 4.35. The molecule has 0 unspecified atom stereocenters. The van der Waals surface area contributed by atoms with E-state index < -0.39 is 0 Å². The minimum atomic E-state index is -0.265. The number of rotatable bonds is 6. The van der Waals surface area contributed by atoms with E-state index >= 15 is 0 Å². The maximum absolute atomic E-state index is 12.4. The quantitative estimate of drug-likeness (QED) is 0.688. The van der Waals surface area contributed by atoms with Crippen molar-refractivity contribution in [2.24, 2.45) is 0 Å². The van der Waals surface area contributed by atoms with E-state index in [2.05, 4.69) is 32.7 Å². The first kappa shape index (κ1) is 17.8. The van der Waals surface area contributed by atoms with Gasteiger partial charge < -0.3 is 20.1 Å². The fourth-order valence-corrected chi connectivity index (χ4v) is 2.78. The van der Waals surface area contributed by atoms with E-state index in [1.54, 1.807) is 12.3 Å². The smallest absolute Gasteiger partial charge is 0.270 e. The van der Waals surface area contributed by atoms with Gasteiger partial charge in [-0.15, -0.1) is 0 Å². The van der Waals surface area contributed by atoms with Crippen LogP contribution in [0, 0.1) is 6.92 Å². The van der Waals surface area contributed by atoms with Crippen molar-refractivity contribution in [3.05, 3.63) is 77.1 Å². The van der Waals surface area contributed by atoms with Gasteiger partial charge in [0, 0.05) is 19.3 Å². The maximum atomic E-state index is 12.4. The normalized spacial score (nSPS) is 11.9. The lowest BCUT2D eigenvalue weighted by atomic mass is 10.1. The van der Waals surface area contributed by atoms with E-state index in [4.69, 9.17) is 9.47 Å². The molecule has 1 aliphatic heterocycles. The molecule has 3 aromatic rings. The van der Waals surface area contributed by atoms with Crippen LogP contribution in [0.4, 0.5) is 5.95 Å². The van der Waals surface area contributed by atoms with E-state index in [0.717, 1.165) is 16.9 Å². The number of aryl methyl sites for hydroxylation is 1. The Morgan fingerprint density at radius 3 is 2.64 bits per heavy atom. The van der Waals surface area contributed by atoms with Crippen LogP contribution in [0.3, 0.4) is 0 Å². The summed E-state index contributed by atoms with van der Waals surface area (Å²) >= 11 is 0. The van der Waals surface area contributed by atoms with Crippen LogP contribution >= 0.6 is 0 Å². The number of benzene rings is 2. The summed E-state index contributed by atoms with van der Waals surface area (Å²) in [6.07, 6.45) is 1.57. The Morgan fingerprint density at radius 2 is 1.79 bits per heavy atom. The minimum absolute atomic E-state index is 0.227. The zero-order valence-electron chi connectivity index (χ0n) is 15.4. The van der Waals surface area contributed by atoms with Gasteiger partial charge in [0.25, 0.3) is 5.91 Å². The number of carbonyl (C=O) groups excluding carboxylic acids is 1. The monoisotopic (exact) mass is 376 g/mol. The van der Waals surface area contributed by atoms with Crippen LogP contribution in [0.15, 0.2) is 54.7 Å². The third-order valence-electron chi connectivity index (χ3n) is 4.35. The van der Waals surface area contributed by atoms with Crippen molar-refractivity contribution in [2.75, 3.05) is 12.1 Å². The van der Waals surface area contributed by atoms with E-state index in [-0.39, 0.29) is 12.7 Å². The Kier molecular flexibility index (Phi) is 5.05. The summed E-state index contributed by atoms with van der Waals surface area (Å²) in [4.78, 5) is 20.9. The van der Waals surface area contributed by atoms with Crippen molar-refractivity contribution in [1.29, 1.82) is 0 Å². The average molecular weight is 376 g/mol. The molecule has 1 aromatic heterocycles. The highest BCUT2D eigenvalue weighted by atomic mass is 16.7. The number of ether oxygens (including phenoxy) is 2. The molecule has 0 aliphatic carbocycles. The second kappa shape index (κ2) is 7.96. The number of nitrogens with one attached hydrogen (secondary N) is 2. The van der Waals surface area contributed by atoms with Crippen LogP contribution in [0.25, 0.3) is 0 Å². The molecule has 142 valence electrons. The molecule has 2 N–H and O–H groups in total. The number of fused-ring (bicyclic) bond motifs is 1. The molecule has 2 aromatic carbocycles. The Labute approximate surface area is 162 Å². The van der Waals surface area contributed by atoms with Gasteiger partial charge in [0.1, 0.15) is 5.69 Å². The van der Waals surface area contributed by atoms with Gasteiger partial charge in [0.05, 0.1) is 0 Å². The number of carbonyl (C=O) groups is 1. The molecule has 0 saturated carbocycles. The summed E-state index contributed by atoms with van der Waals surface area (Å²) in [5.41, 5.74) is 3.56. The fourth-order valence-electron chi connectivity index (χ4n) is 2.78. The highest BCUT2D eigenvalue weighted by Gasteiger charge is 2.14. The molecule has 0 fully saturated rings. The van der Waals surface area contributed by atoms with Crippen molar-refractivity contribution in [3.8, 4) is 11.5 Å². The predicted octanol–water partition coefficient (Wildman–Crippen LogP) is 3.06. The van der Waals surface area contributed by atoms with Crippen molar-refractivity contribution < 1.29 is 14.3 Å². The Hall–Kier alpha value is -3.61. The third kappa shape index (κ3) is 4.20. The van der Waals surface area contributed by atoms with Crippen molar-refractivity contribution in [2.45, 2.75) is 20.0 Å². The predicted molar refractivity (Wildman–Crippen MR) is 104 cm³/mol. The molecule has 7 heteroatoms. The molecule has 0 saturated heterocycles. The van der Waals surface area contributed by atoms with Crippen molar-refractivity contribution >= 4 is 11.9 Å². The summed E-state index contributed by atoms with van der Waals surface area (Å²) in [7, 11) is 0. The number of amides is 1. The maximum Gasteiger partial charge on any atom is 0.270 e. The Balaban J connectivity index is 1.35. The van der Waals surface area contributed by atoms with Gasteiger partial charge in [0.15, 0.2) is 11.5 Å². The molecule has 2 heterocycles. The number of anilines is 1. The number of aromatic nitrogens is 2. The number of hydrogen-bond donors (Lipinski definition) is 2. The van der Waals surface area contributed by atoms with E-state index in [1.807, 2.05) is 37.3 Å². The lowest BCUT2D eigenvalue weighted by Gasteiger charge is -2.08. The summed E-state index contributed by atoms with van der Waals surface area (Å²) in [6, 6.07) is 15.4. The molecule has 7 nitrogen and oxygen atoms in total. The lowest BCUT2D eigenvalue weighted by Crippen LogP contribution is -2.24. The lowest BCUT2D eigenvalue weighted by molar-refractivity contribution is 0.0946. The molecule has 0 bridgehead atoms. The van der Waals surface area contributed by atoms with Gasteiger partial charge in [-0.05, 0) is 36.2 Å². The highest BCUT2D eigenvalue weighted by molar-refractivity contribution is 5.92. The first-order chi connectivity index (χ1) is 13.7. The van der Waals surface area contributed by atoms with Crippen LogP contribution < -0.4 is 20.1 Å². The largest absolute Gasteiger partial charge is 0.454 e. The topological polar surface area (TPSA) is 85.4 Å². The first-order valence-corrected chi connectivity index (χ1v) is 8.96. The van der Waals surface area contributed by atoms with E-state index in [9.17, 15) is 4.79 Å². The van der Waals surface area contributed by atoms with E-state index in [1.165, 1.54) is 5.56 Å². The zero-order chi connectivity index (χ0) is 19.3. The highest BCUT2D eigenvalue weighted by Crippen LogP contribution is 2.32. The Morgan fingerprint density at radius 1 is 1.00 bits per heavy atom. The fraction of sp³-hybridized carbons (Fsp3) is 0.190. The molecular weight excluding hydrogens is 356 g/mol. The minimum Gasteiger partial charge on any atom is -0.454 e. The van der Waals surface area contributed by atoms with Crippen LogP contribution in [-0.4, -0.2) is 22.7 Å². The number of nitrogens with zero attached hydrogens (tertiary/aromatic N) is 2. The SMILES string of the molecule is Cc1ccc(CNc2nccc(C(=O)NCc3ccc4c(c3)OCO4)n2)cc1. The zero-order valence-corrected chi connectivity index (χ0v) is 15.4. The van der Waals surface area contributed by atoms with Gasteiger partial charge in [-0.1, -0.05) is 35.9 Å². The van der Waals surface area contributed by atoms with Gasteiger partial charge >= 0.3 is 0 Å². The molecule has 28 heavy (non-hydrogen) atoms. The molecule has 1 aliphatic rings. The van der Waals surface area contributed by atoms with Gasteiger partial charge in [0.2, 0.25) is 12.7 Å². The molecule has 0 spiro atoms. The standard InChI is InChI=1S/C21H20N4O3/c1-14-2-4-15(5-3-14)11-24-21-22-9-8-17(25-21)20(26)23-12-16-6-7-18-19(10-16)28-13-27-18/h2-10H,11-13H2,1H3,(H,23,26)(H,22,24,25). The van der Waals surface area contributed by atoms with Crippen molar-refractivity contribution in [1.82, 2.24) is 15.3 Å². The van der Waals surface area contributed by atoms with Gasteiger partial charge in [-0.3, -0.25) is 4.79 Å². The van der Waals surface area contributed by atoms with E-state index in [0.29, 0.717) is 30.5 Å². The molecular formula is C21H20N4O3. The van der Waals surface area contributed by atoms with Gasteiger partial charge in [-0.2, -0.15) is 0 Å².